The maximum Gasteiger partial charge on any atom is 0.0920 e. The zero-order chi connectivity index (χ0) is 7.33. The van der Waals surface area contributed by atoms with Crippen molar-refractivity contribution in [2.75, 3.05) is 38.9 Å². The Balaban J connectivity index is 3.43. The van der Waals surface area contributed by atoms with Gasteiger partial charge < -0.3 is 4.48 Å². The van der Waals surface area contributed by atoms with Crippen molar-refractivity contribution >= 4 is 23.2 Å². The minimum Gasteiger partial charge on any atom is -0.327 e. The van der Waals surface area contributed by atoms with Crippen molar-refractivity contribution < 1.29 is 4.48 Å². The van der Waals surface area contributed by atoms with Crippen molar-refractivity contribution in [3.05, 3.63) is 0 Å². The molecule has 56 valence electrons. The lowest BCUT2D eigenvalue weighted by Gasteiger charge is -2.27. The van der Waals surface area contributed by atoms with Crippen molar-refractivity contribution in [2.24, 2.45) is 0 Å². The first-order valence-electron chi connectivity index (χ1n) is 3.06. The van der Waals surface area contributed by atoms with Gasteiger partial charge in [0.25, 0.3) is 0 Å². The molecular formula is C6H14Cl2N+. The zero-order valence-corrected chi connectivity index (χ0v) is 7.54. The van der Waals surface area contributed by atoms with E-state index in [0.717, 1.165) is 17.6 Å². The second-order valence-electron chi connectivity index (χ2n) is 2.76. The van der Waals surface area contributed by atoms with Crippen molar-refractivity contribution in [2.45, 2.75) is 0 Å². The molecule has 0 aromatic rings. The molecule has 0 saturated carbocycles. The van der Waals surface area contributed by atoms with Gasteiger partial charge in [-0.3, -0.25) is 0 Å². The third-order valence-electron chi connectivity index (χ3n) is 1.38. The lowest BCUT2D eigenvalue weighted by atomic mass is 10.5. The molecule has 0 aliphatic heterocycles. The third kappa shape index (κ3) is 5.01. The van der Waals surface area contributed by atoms with Crippen LogP contribution in [0, 0.1) is 0 Å². The monoisotopic (exact) mass is 170 g/mol. The van der Waals surface area contributed by atoms with Crippen LogP contribution in [-0.4, -0.2) is 43.4 Å². The lowest BCUT2D eigenvalue weighted by Crippen LogP contribution is -2.42. The molecule has 0 amide bonds. The Kier molecular flexibility index (Phi) is 4.63. The number of rotatable bonds is 4. The van der Waals surface area contributed by atoms with Crippen molar-refractivity contribution in [3.8, 4) is 0 Å². The number of alkyl halides is 2. The maximum absolute atomic E-state index is 5.56. The molecule has 1 nitrogen and oxygen atoms in total. The van der Waals surface area contributed by atoms with Crippen LogP contribution >= 0.6 is 23.2 Å². The van der Waals surface area contributed by atoms with E-state index in [2.05, 4.69) is 14.1 Å². The Hall–Kier alpha value is 0.540. The van der Waals surface area contributed by atoms with Crippen LogP contribution in [0.2, 0.25) is 0 Å². The summed E-state index contributed by atoms with van der Waals surface area (Å²) in [5.74, 6) is 1.42. The van der Waals surface area contributed by atoms with Crippen LogP contribution in [0.3, 0.4) is 0 Å². The Morgan fingerprint density at radius 1 is 1.00 bits per heavy atom. The fraction of sp³-hybridized carbons (Fsp3) is 1.00. The summed E-state index contributed by atoms with van der Waals surface area (Å²) in [6.07, 6.45) is 0. The van der Waals surface area contributed by atoms with Gasteiger partial charge in [-0.1, -0.05) is 0 Å². The predicted octanol–water partition coefficient (Wildman–Crippen LogP) is 1.54. The Morgan fingerprint density at radius 2 is 1.33 bits per heavy atom. The van der Waals surface area contributed by atoms with Gasteiger partial charge in [0.05, 0.1) is 38.9 Å². The quantitative estimate of drug-likeness (QED) is 0.444. The lowest BCUT2D eigenvalue weighted by molar-refractivity contribution is -0.885. The van der Waals surface area contributed by atoms with E-state index in [1.807, 2.05) is 0 Å². The highest BCUT2D eigenvalue weighted by molar-refractivity contribution is 6.18. The minimum atomic E-state index is 0.712. The zero-order valence-electron chi connectivity index (χ0n) is 6.03. The van der Waals surface area contributed by atoms with E-state index >= 15 is 0 Å². The summed E-state index contributed by atoms with van der Waals surface area (Å²) >= 11 is 11.1. The van der Waals surface area contributed by atoms with E-state index in [1.54, 1.807) is 0 Å². The summed E-state index contributed by atoms with van der Waals surface area (Å²) in [6.45, 7) is 1.99. The van der Waals surface area contributed by atoms with Gasteiger partial charge in [-0.2, -0.15) is 0 Å². The average Bonchev–Trinajstić information content (AvgIpc) is 1.64. The van der Waals surface area contributed by atoms with Gasteiger partial charge in [-0.15, -0.1) is 23.2 Å². The first-order chi connectivity index (χ1) is 4.12. The van der Waals surface area contributed by atoms with Crippen molar-refractivity contribution in [3.63, 3.8) is 0 Å². The van der Waals surface area contributed by atoms with Gasteiger partial charge in [0.2, 0.25) is 0 Å². The predicted molar refractivity (Wildman–Crippen MR) is 43.3 cm³/mol. The molecule has 0 spiro atoms. The smallest absolute Gasteiger partial charge is 0.0920 e. The largest absolute Gasteiger partial charge is 0.327 e. The molecule has 0 rings (SSSR count). The first kappa shape index (κ1) is 9.54. The van der Waals surface area contributed by atoms with Crippen molar-refractivity contribution in [1.29, 1.82) is 0 Å². The fourth-order valence-corrected chi connectivity index (χ4v) is 1.48. The van der Waals surface area contributed by atoms with Gasteiger partial charge in [-0.25, -0.2) is 0 Å². The Morgan fingerprint density at radius 3 is 1.56 bits per heavy atom. The Labute approximate surface area is 67.1 Å². The molecule has 0 atom stereocenters. The van der Waals surface area contributed by atoms with E-state index < -0.39 is 0 Å². The maximum atomic E-state index is 5.56. The molecule has 0 radical (unpaired) electrons. The molecule has 0 aliphatic carbocycles. The van der Waals surface area contributed by atoms with Crippen LogP contribution < -0.4 is 0 Å². The van der Waals surface area contributed by atoms with E-state index in [9.17, 15) is 0 Å². The molecule has 0 saturated heterocycles. The van der Waals surface area contributed by atoms with Crippen LogP contribution in [0.15, 0.2) is 0 Å². The van der Waals surface area contributed by atoms with E-state index in [-0.39, 0.29) is 0 Å². The second kappa shape index (κ2) is 4.37. The topological polar surface area (TPSA) is 0 Å². The first-order valence-corrected chi connectivity index (χ1v) is 4.13. The molecule has 9 heavy (non-hydrogen) atoms. The molecule has 0 aromatic carbocycles. The van der Waals surface area contributed by atoms with E-state index in [1.165, 1.54) is 0 Å². The number of hydrogen-bond acceptors (Lipinski definition) is 0. The molecule has 0 aliphatic rings. The molecule has 3 heteroatoms. The SMILES string of the molecule is C[N+](C)(CCCl)CCCl. The average molecular weight is 171 g/mol. The van der Waals surface area contributed by atoms with Gasteiger partial charge in [-0.05, 0) is 0 Å². The Bertz CT molecular complexity index is 65.5. The van der Waals surface area contributed by atoms with Crippen LogP contribution in [0.25, 0.3) is 0 Å². The highest BCUT2D eigenvalue weighted by Crippen LogP contribution is 1.97. The van der Waals surface area contributed by atoms with Crippen LogP contribution in [0.4, 0.5) is 0 Å². The van der Waals surface area contributed by atoms with Gasteiger partial charge in [0.1, 0.15) is 0 Å². The summed E-state index contributed by atoms with van der Waals surface area (Å²) in [5, 5.41) is 0. The molecule has 0 fully saturated rings. The summed E-state index contributed by atoms with van der Waals surface area (Å²) < 4.78 is 0.924. The van der Waals surface area contributed by atoms with E-state index in [4.69, 9.17) is 23.2 Å². The highest BCUT2D eigenvalue weighted by atomic mass is 35.5. The van der Waals surface area contributed by atoms with Crippen molar-refractivity contribution in [1.82, 2.24) is 0 Å². The van der Waals surface area contributed by atoms with Gasteiger partial charge in [0, 0.05) is 0 Å². The molecule has 0 aromatic heterocycles. The van der Waals surface area contributed by atoms with E-state index in [0.29, 0.717) is 11.8 Å². The summed E-state index contributed by atoms with van der Waals surface area (Å²) in [6, 6.07) is 0. The van der Waals surface area contributed by atoms with Crippen LogP contribution in [0.5, 0.6) is 0 Å². The summed E-state index contributed by atoms with van der Waals surface area (Å²) in [5.41, 5.74) is 0. The number of nitrogens with zero attached hydrogens (tertiary/aromatic N) is 1. The van der Waals surface area contributed by atoms with Crippen LogP contribution in [0.1, 0.15) is 0 Å². The van der Waals surface area contributed by atoms with Gasteiger partial charge in [0.15, 0.2) is 0 Å². The van der Waals surface area contributed by atoms with Gasteiger partial charge >= 0.3 is 0 Å². The van der Waals surface area contributed by atoms with Crippen LogP contribution in [-0.2, 0) is 0 Å². The highest BCUT2D eigenvalue weighted by Gasteiger charge is 2.11. The standard InChI is InChI=1S/C6H14Cl2N/c1-9(2,5-3-7)6-4-8/h3-6H2,1-2H3/q+1. The molecule has 0 unspecified atom stereocenters. The fourth-order valence-electron chi connectivity index (χ4n) is 0.569. The molecule has 0 heterocycles. The number of halogens is 2. The summed E-state index contributed by atoms with van der Waals surface area (Å²) in [4.78, 5) is 0. The second-order valence-corrected chi connectivity index (χ2v) is 3.52. The number of quaternary nitrogens is 1. The molecule has 0 bridgehead atoms. The summed E-state index contributed by atoms with van der Waals surface area (Å²) in [7, 11) is 4.26. The normalized spacial score (nSPS) is 12.0. The molecular weight excluding hydrogens is 157 g/mol. The third-order valence-corrected chi connectivity index (χ3v) is 1.72. The minimum absolute atomic E-state index is 0.712. The number of hydrogen-bond donors (Lipinski definition) is 0. The molecule has 0 N–H and O–H groups in total.